The second-order valence-corrected chi connectivity index (χ2v) is 9.57. The van der Waals surface area contributed by atoms with Crippen molar-refractivity contribution in [3.63, 3.8) is 0 Å². The molecule has 1 fully saturated rings. The fourth-order valence-corrected chi connectivity index (χ4v) is 5.93. The molecule has 8 nitrogen and oxygen atoms in total. The lowest BCUT2D eigenvalue weighted by atomic mass is 9.66. The minimum Gasteiger partial charge on any atom is -0.495 e. The molecular weight excluding hydrogens is 515 g/mol. The van der Waals surface area contributed by atoms with Gasteiger partial charge >= 0.3 is 12.3 Å². The Morgan fingerprint density at radius 2 is 1.74 bits per heavy atom. The zero-order valence-corrected chi connectivity index (χ0v) is 21.0. The number of nitrogens with one attached hydrogen (secondary N) is 1. The molecule has 0 aromatic heterocycles. The summed E-state index contributed by atoms with van der Waals surface area (Å²) in [6.45, 7) is 0.584. The standard InChI is InChI=1S/C28H26F3N3O5/c1-38-22-12-11-20(28(29,30)31)23-24(22)33(26(35)39-17-18-7-3-2-4-8-18)25(27(23)13-15-32-16-14-27)19-9-5-6-10-21(19)34(36)37/h2-12,25,32H,13-17H2,1H3. The van der Waals surface area contributed by atoms with E-state index in [0.29, 0.717) is 18.7 Å². The number of benzene rings is 3. The number of methoxy groups -OCH3 is 1. The molecule has 2 aliphatic heterocycles. The van der Waals surface area contributed by atoms with E-state index in [2.05, 4.69) is 5.32 Å². The molecule has 1 unspecified atom stereocenters. The van der Waals surface area contributed by atoms with Crippen molar-refractivity contribution in [3.05, 3.63) is 99.1 Å². The van der Waals surface area contributed by atoms with E-state index in [0.717, 1.165) is 11.0 Å². The number of carbonyl (C=O) groups is 1. The van der Waals surface area contributed by atoms with Gasteiger partial charge in [0.2, 0.25) is 0 Å². The van der Waals surface area contributed by atoms with Crippen molar-refractivity contribution in [1.82, 2.24) is 5.32 Å². The Hall–Kier alpha value is -4.12. The number of para-hydroxylation sites is 1. The molecule has 0 saturated carbocycles. The molecule has 1 amide bonds. The summed E-state index contributed by atoms with van der Waals surface area (Å²) in [5, 5.41) is 15.3. The van der Waals surface area contributed by atoms with E-state index < -0.39 is 34.2 Å². The second-order valence-electron chi connectivity index (χ2n) is 9.57. The number of nitrogens with zero attached hydrogens (tertiary/aromatic N) is 2. The number of fused-ring (bicyclic) bond motifs is 2. The first-order valence-electron chi connectivity index (χ1n) is 12.4. The molecule has 2 aliphatic rings. The van der Waals surface area contributed by atoms with Gasteiger partial charge in [0.15, 0.2) is 0 Å². The molecule has 3 aromatic rings. The highest BCUT2D eigenvalue weighted by Gasteiger charge is 2.60. The zero-order chi connectivity index (χ0) is 27.8. The molecule has 1 saturated heterocycles. The van der Waals surface area contributed by atoms with Gasteiger partial charge in [-0.3, -0.25) is 15.0 Å². The summed E-state index contributed by atoms with van der Waals surface area (Å²) < 4.78 is 54.8. The van der Waals surface area contributed by atoms with Crippen LogP contribution >= 0.6 is 0 Å². The number of ether oxygens (including phenoxy) is 2. The van der Waals surface area contributed by atoms with E-state index in [9.17, 15) is 28.1 Å². The molecule has 1 atom stereocenters. The lowest BCUT2D eigenvalue weighted by molar-refractivity contribution is -0.385. The molecule has 0 radical (unpaired) electrons. The minimum atomic E-state index is -4.74. The summed E-state index contributed by atoms with van der Waals surface area (Å²) in [5.41, 5.74) is -1.85. The maximum atomic E-state index is 14.6. The largest absolute Gasteiger partial charge is 0.495 e. The van der Waals surface area contributed by atoms with Crippen molar-refractivity contribution >= 4 is 17.5 Å². The molecule has 39 heavy (non-hydrogen) atoms. The first-order chi connectivity index (χ1) is 18.7. The Balaban J connectivity index is 1.78. The average molecular weight is 542 g/mol. The van der Waals surface area contributed by atoms with Crippen LogP contribution in [0, 0.1) is 10.1 Å². The molecule has 1 N–H and O–H groups in total. The Morgan fingerprint density at radius 3 is 2.38 bits per heavy atom. The summed E-state index contributed by atoms with van der Waals surface area (Å²) in [7, 11) is 1.31. The number of amides is 1. The number of piperidine rings is 1. The number of alkyl halides is 3. The van der Waals surface area contributed by atoms with E-state index in [4.69, 9.17) is 9.47 Å². The van der Waals surface area contributed by atoms with Crippen LogP contribution in [0.25, 0.3) is 0 Å². The van der Waals surface area contributed by atoms with Crippen LogP contribution < -0.4 is 15.0 Å². The van der Waals surface area contributed by atoms with Gasteiger partial charge in [-0.1, -0.05) is 48.5 Å². The number of hydrogen-bond acceptors (Lipinski definition) is 6. The molecule has 1 spiro atoms. The van der Waals surface area contributed by atoms with Crippen molar-refractivity contribution in [2.45, 2.75) is 37.1 Å². The van der Waals surface area contributed by atoms with E-state index in [-0.39, 0.29) is 47.7 Å². The highest BCUT2D eigenvalue weighted by Crippen LogP contribution is 2.63. The smallest absolute Gasteiger partial charge is 0.416 e. The predicted molar refractivity (Wildman–Crippen MR) is 137 cm³/mol. The Bertz CT molecular complexity index is 1390. The molecule has 5 rings (SSSR count). The van der Waals surface area contributed by atoms with Crippen LogP contribution in [0.4, 0.5) is 29.3 Å². The van der Waals surface area contributed by atoms with Crippen LogP contribution in [0.2, 0.25) is 0 Å². The Labute approximate surface area is 222 Å². The van der Waals surface area contributed by atoms with Crippen LogP contribution in [0.15, 0.2) is 66.7 Å². The van der Waals surface area contributed by atoms with Crippen molar-refractivity contribution in [1.29, 1.82) is 0 Å². The van der Waals surface area contributed by atoms with Crippen LogP contribution in [0.5, 0.6) is 5.75 Å². The van der Waals surface area contributed by atoms with E-state index in [1.807, 2.05) is 0 Å². The number of halogens is 3. The Morgan fingerprint density at radius 1 is 1.08 bits per heavy atom. The predicted octanol–water partition coefficient (Wildman–Crippen LogP) is 6.14. The fourth-order valence-electron chi connectivity index (χ4n) is 5.93. The summed E-state index contributed by atoms with van der Waals surface area (Å²) >= 11 is 0. The van der Waals surface area contributed by atoms with E-state index >= 15 is 0 Å². The van der Waals surface area contributed by atoms with Crippen LogP contribution in [-0.4, -0.2) is 31.2 Å². The summed E-state index contributed by atoms with van der Waals surface area (Å²) in [6.07, 6.45) is -5.26. The first kappa shape index (κ1) is 26.5. The highest BCUT2D eigenvalue weighted by atomic mass is 19.4. The van der Waals surface area contributed by atoms with Crippen molar-refractivity contribution < 1.29 is 32.4 Å². The third-order valence-corrected chi connectivity index (χ3v) is 7.51. The van der Waals surface area contributed by atoms with E-state index in [1.54, 1.807) is 36.4 Å². The van der Waals surface area contributed by atoms with Crippen molar-refractivity contribution in [3.8, 4) is 5.75 Å². The second kappa shape index (κ2) is 10.2. The number of hydrogen-bond donors (Lipinski definition) is 1. The topological polar surface area (TPSA) is 93.9 Å². The molecule has 0 aliphatic carbocycles. The maximum absolute atomic E-state index is 14.6. The third kappa shape index (κ3) is 4.56. The lowest BCUT2D eigenvalue weighted by Gasteiger charge is -2.42. The van der Waals surface area contributed by atoms with Gasteiger partial charge in [-0.05, 0) is 43.6 Å². The Kier molecular flexibility index (Phi) is 6.94. The van der Waals surface area contributed by atoms with Gasteiger partial charge in [0.1, 0.15) is 12.4 Å². The highest BCUT2D eigenvalue weighted by molar-refractivity contribution is 5.96. The summed E-state index contributed by atoms with van der Waals surface area (Å²) in [6, 6.07) is 15.7. The van der Waals surface area contributed by atoms with Gasteiger partial charge in [-0.2, -0.15) is 13.2 Å². The van der Waals surface area contributed by atoms with E-state index in [1.165, 1.54) is 31.4 Å². The molecule has 11 heteroatoms. The lowest BCUT2D eigenvalue weighted by Crippen LogP contribution is -2.47. The van der Waals surface area contributed by atoms with Gasteiger partial charge in [-0.15, -0.1) is 0 Å². The zero-order valence-electron chi connectivity index (χ0n) is 21.0. The molecule has 2 heterocycles. The normalized spacial score (nSPS) is 18.1. The average Bonchev–Trinajstić information content (AvgIpc) is 3.21. The monoisotopic (exact) mass is 541 g/mol. The van der Waals surface area contributed by atoms with Crippen molar-refractivity contribution in [2.24, 2.45) is 0 Å². The molecule has 204 valence electrons. The first-order valence-corrected chi connectivity index (χ1v) is 12.4. The molecule has 0 bridgehead atoms. The van der Waals surface area contributed by atoms with Gasteiger partial charge in [0, 0.05) is 17.0 Å². The van der Waals surface area contributed by atoms with Crippen LogP contribution in [-0.2, 0) is 22.9 Å². The summed E-state index contributed by atoms with van der Waals surface area (Å²) in [5.74, 6) is 0.0497. The fraction of sp³-hybridized carbons (Fsp3) is 0.321. The van der Waals surface area contributed by atoms with Gasteiger partial charge < -0.3 is 14.8 Å². The molecular formula is C28H26F3N3O5. The molecule has 3 aromatic carbocycles. The van der Waals surface area contributed by atoms with Crippen LogP contribution in [0.1, 0.15) is 41.1 Å². The number of nitro groups is 1. The maximum Gasteiger partial charge on any atom is 0.416 e. The SMILES string of the molecule is COc1ccc(C(F)(F)F)c2c1N(C(=O)OCc1ccccc1)C(c1ccccc1[N+](=O)[O-])C21CCNCC1. The number of nitro benzene ring substituents is 1. The third-order valence-electron chi connectivity index (χ3n) is 7.51. The van der Waals surface area contributed by atoms with Crippen molar-refractivity contribution in [2.75, 3.05) is 25.1 Å². The van der Waals surface area contributed by atoms with Gasteiger partial charge in [-0.25, -0.2) is 4.79 Å². The van der Waals surface area contributed by atoms with Crippen LogP contribution in [0.3, 0.4) is 0 Å². The number of rotatable bonds is 5. The number of anilines is 1. The quantitative estimate of drug-likeness (QED) is 0.308. The number of carbonyl (C=O) groups excluding carboxylic acids is 1. The minimum absolute atomic E-state index is 0.0497. The summed E-state index contributed by atoms with van der Waals surface area (Å²) in [4.78, 5) is 26.6. The van der Waals surface area contributed by atoms with Gasteiger partial charge in [0.05, 0.1) is 34.9 Å². The van der Waals surface area contributed by atoms with Gasteiger partial charge in [0.25, 0.3) is 5.69 Å².